The van der Waals surface area contributed by atoms with E-state index in [4.69, 9.17) is 4.74 Å². The van der Waals surface area contributed by atoms with Gasteiger partial charge in [-0.15, -0.1) is 11.8 Å². The Morgan fingerprint density at radius 2 is 2.09 bits per heavy atom. The number of carbonyl (C=O) groups excluding carboxylic acids is 1. The predicted octanol–water partition coefficient (Wildman–Crippen LogP) is 2.96. The van der Waals surface area contributed by atoms with Crippen LogP contribution in [-0.4, -0.2) is 41.4 Å². The molecule has 0 N–H and O–H groups in total. The monoisotopic (exact) mass is 316 g/mol. The number of carbonyl (C=O) groups is 1. The number of benzene rings is 1. The van der Waals surface area contributed by atoms with Crippen molar-refractivity contribution in [3.8, 4) is 0 Å². The highest BCUT2D eigenvalue weighted by atomic mass is 32.2. The fourth-order valence-corrected chi connectivity index (χ4v) is 3.48. The molecule has 1 fully saturated rings. The quantitative estimate of drug-likeness (QED) is 0.817. The van der Waals surface area contributed by atoms with Crippen molar-refractivity contribution >= 4 is 17.7 Å². The Hall–Kier alpha value is -1.72. The third kappa shape index (κ3) is 2.78. The van der Waals surface area contributed by atoms with Crippen LogP contribution in [0.3, 0.4) is 0 Å². The minimum Gasteiger partial charge on any atom is -0.377 e. The van der Waals surface area contributed by atoms with Gasteiger partial charge in [-0.1, -0.05) is 12.1 Å². The van der Waals surface area contributed by atoms with E-state index < -0.39 is 0 Å². The van der Waals surface area contributed by atoms with Gasteiger partial charge < -0.3 is 14.2 Å². The standard InChI is InChI=1S/C17H20N2O2S/c1-18-9-5-7-14(18)15-12-21-11-10-19(15)17(20)13-6-3-4-8-16(13)22-2/h3-9,15H,10-12H2,1-2H3. The number of ether oxygens (including phenoxy) is 1. The number of aromatic nitrogens is 1. The van der Waals surface area contributed by atoms with Crippen molar-refractivity contribution in [1.82, 2.24) is 9.47 Å². The van der Waals surface area contributed by atoms with Crippen LogP contribution in [0.25, 0.3) is 0 Å². The highest BCUT2D eigenvalue weighted by Crippen LogP contribution is 2.28. The molecule has 1 amide bonds. The Morgan fingerprint density at radius 1 is 1.27 bits per heavy atom. The van der Waals surface area contributed by atoms with Gasteiger partial charge in [0.2, 0.25) is 0 Å². The summed E-state index contributed by atoms with van der Waals surface area (Å²) < 4.78 is 7.68. The Kier molecular flexibility index (Phi) is 4.55. The van der Waals surface area contributed by atoms with E-state index in [1.165, 1.54) is 0 Å². The Morgan fingerprint density at radius 3 is 2.82 bits per heavy atom. The maximum Gasteiger partial charge on any atom is 0.255 e. The molecule has 1 aromatic carbocycles. The van der Waals surface area contributed by atoms with Gasteiger partial charge in [0.05, 0.1) is 24.8 Å². The molecule has 1 aliphatic rings. The highest BCUT2D eigenvalue weighted by molar-refractivity contribution is 7.98. The predicted molar refractivity (Wildman–Crippen MR) is 88.2 cm³/mol. The summed E-state index contributed by atoms with van der Waals surface area (Å²) in [5.41, 5.74) is 1.88. The zero-order valence-corrected chi connectivity index (χ0v) is 13.7. The Labute approximate surface area is 135 Å². The summed E-state index contributed by atoms with van der Waals surface area (Å²) in [5, 5.41) is 0. The topological polar surface area (TPSA) is 34.5 Å². The normalized spacial score (nSPS) is 18.5. The third-order valence-electron chi connectivity index (χ3n) is 4.05. The van der Waals surface area contributed by atoms with E-state index in [1.54, 1.807) is 11.8 Å². The van der Waals surface area contributed by atoms with E-state index in [-0.39, 0.29) is 11.9 Å². The van der Waals surface area contributed by atoms with Crippen LogP contribution in [0, 0.1) is 0 Å². The molecule has 4 nitrogen and oxygen atoms in total. The van der Waals surface area contributed by atoms with Gasteiger partial charge in [-0.25, -0.2) is 0 Å². The molecule has 0 saturated carbocycles. The molecule has 22 heavy (non-hydrogen) atoms. The van der Waals surface area contributed by atoms with Crippen molar-refractivity contribution < 1.29 is 9.53 Å². The summed E-state index contributed by atoms with van der Waals surface area (Å²) in [5.74, 6) is 0.0828. The van der Waals surface area contributed by atoms with Gasteiger partial charge in [0.1, 0.15) is 0 Å². The smallest absolute Gasteiger partial charge is 0.255 e. The van der Waals surface area contributed by atoms with Crippen molar-refractivity contribution in [2.24, 2.45) is 7.05 Å². The number of rotatable bonds is 3. The molecule has 0 bridgehead atoms. The van der Waals surface area contributed by atoms with E-state index >= 15 is 0 Å². The van der Waals surface area contributed by atoms with Crippen LogP contribution in [0.4, 0.5) is 0 Å². The van der Waals surface area contributed by atoms with Crippen LogP contribution in [-0.2, 0) is 11.8 Å². The van der Waals surface area contributed by atoms with Crippen molar-refractivity contribution in [2.45, 2.75) is 10.9 Å². The van der Waals surface area contributed by atoms with Crippen LogP contribution in [0.15, 0.2) is 47.5 Å². The maximum atomic E-state index is 13.0. The minimum atomic E-state index is -0.0313. The molecule has 1 aromatic heterocycles. The zero-order valence-electron chi connectivity index (χ0n) is 12.9. The first-order valence-corrected chi connectivity index (χ1v) is 8.58. The molecule has 3 rings (SSSR count). The van der Waals surface area contributed by atoms with Gasteiger partial charge in [-0.05, 0) is 30.5 Å². The van der Waals surface area contributed by atoms with Gasteiger partial charge in [0.15, 0.2) is 0 Å². The summed E-state index contributed by atoms with van der Waals surface area (Å²) in [4.78, 5) is 16.0. The van der Waals surface area contributed by atoms with Gasteiger partial charge in [-0.2, -0.15) is 0 Å². The fraction of sp³-hybridized carbons (Fsp3) is 0.353. The van der Waals surface area contributed by atoms with Gasteiger partial charge in [0, 0.05) is 30.4 Å². The van der Waals surface area contributed by atoms with Crippen LogP contribution in [0.1, 0.15) is 22.1 Å². The third-order valence-corrected chi connectivity index (χ3v) is 4.85. The number of aryl methyl sites for hydroxylation is 1. The molecule has 2 heterocycles. The number of morpholine rings is 1. The van der Waals surface area contributed by atoms with E-state index in [1.807, 2.05) is 54.7 Å². The molecular weight excluding hydrogens is 296 g/mol. The van der Waals surface area contributed by atoms with Crippen LogP contribution in [0.2, 0.25) is 0 Å². The maximum absolute atomic E-state index is 13.0. The first-order valence-electron chi connectivity index (χ1n) is 7.35. The number of nitrogens with zero attached hydrogens (tertiary/aromatic N) is 2. The molecular formula is C17H20N2O2S. The summed E-state index contributed by atoms with van der Waals surface area (Å²) in [6, 6.07) is 11.8. The van der Waals surface area contributed by atoms with Crippen molar-refractivity contribution in [1.29, 1.82) is 0 Å². The lowest BCUT2D eigenvalue weighted by atomic mass is 10.1. The molecule has 116 valence electrons. The largest absolute Gasteiger partial charge is 0.377 e. The highest BCUT2D eigenvalue weighted by Gasteiger charge is 2.31. The average Bonchev–Trinajstić information content (AvgIpc) is 3.00. The minimum absolute atomic E-state index is 0.0313. The first-order chi connectivity index (χ1) is 10.7. The number of amides is 1. The molecule has 1 atom stereocenters. The van der Waals surface area contributed by atoms with Crippen molar-refractivity contribution in [3.63, 3.8) is 0 Å². The van der Waals surface area contributed by atoms with Crippen LogP contribution >= 0.6 is 11.8 Å². The van der Waals surface area contributed by atoms with E-state index in [2.05, 4.69) is 10.6 Å². The fourth-order valence-electron chi connectivity index (χ4n) is 2.89. The average molecular weight is 316 g/mol. The number of thioether (sulfide) groups is 1. The first kappa shape index (κ1) is 15.2. The van der Waals surface area contributed by atoms with Gasteiger partial charge in [0.25, 0.3) is 5.91 Å². The Balaban J connectivity index is 1.94. The van der Waals surface area contributed by atoms with Crippen LogP contribution < -0.4 is 0 Å². The molecule has 0 aliphatic carbocycles. The zero-order chi connectivity index (χ0) is 15.5. The van der Waals surface area contributed by atoms with E-state index in [9.17, 15) is 4.79 Å². The second-order valence-electron chi connectivity index (χ2n) is 5.33. The van der Waals surface area contributed by atoms with Crippen LogP contribution in [0.5, 0.6) is 0 Å². The summed E-state index contributed by atoms with van der Waals surface area (Å²) in [6.45, 7) is 1.76. The van der Waals surface area contributed by atoms with Crippen molar-refractivity contribution in [2.75, 3.05) is 26.0 Å². The molecule has 5 heteroatoms. The van der Waals surface area contributed by atoms with Gasteiger partial charge >= 0.3 is 0 Å². The summed E-state index contributed by atoms with van der Waals surface area (Å²) in [7, 11) is 2.00. The molecule has 1 saturated heterocycles. The van der Waals surface area contributed by atoms with E-state index in [0.29, 0.717) is 19.8 Å². The van der Waals surface area contributed by atoms with E-state index in [0.717, 1.165) is 16.2 Å². The molecule has 1 unspecified atom stereocenters. The molecule has 0 radical (unpaired) electrons. The summed E-state index contributed by atoms with van der Waals surface area (Å²) >= 11 is 1.61. The lowest BCUT2D eigenvalue weighted by Gasteiger charge is -2.36. The summed E-state index contributed by atoms with van der Waals surface area (Å²) in [6.07, 6.45) is 4.00. The Bertz CT molecular complexity index is 668. The lowest BCUT2D eigenvalue weighted by Crippen LogP contribution is -2.44. The van der Waals surface area contributed by atoms with Crippen molar-refractivity contribution in [3.05, 3.63) is 53.9 Å². The second kappa shape index (κ2) is 6.58. The van der Waals surface area contributed by atoms with Gasteiger partial charge in [-0.3, -0.25) is 4.79 Å². The number of hydrogen-bond donors (Lipinski definition) is 0. The second-order valence-corrected chi connectivity index (χ2v) is 6.18. The number of hydrogen-bond acceptors (Lipinski definition) is 3. The lowest BCUT2D eigenvalue weighted by molar-refractivity contribution is -0.00481. The molecule has 2 aromatic rings. The SMILES string of the molecule is CSc1ccccc1C(=O)N1CCOCC1c1cccn1C. The molecule has 0 spiro atoms. The molecule has 1 aliphatic heterocycles.